The number of nitrogens with one attached hydrogen (secondary N) is 1. The van der Waals surface area contributed by atoms with Gasteiger partial charge in [-0.2, -0.15) is 0 Å². The van der Waals surface area contributed by atoms with Gasteiger partial charge < -0.3 is 10.2 Å². The number of hydrogen-bond donors (Lipinski definition) is 1. The Morgan fingerprint density at radius 1 is 1.18 bits per heavy atom. The number of pyridine rings is 1. The number of halogens is 2. The summed E-state index contributed by atoms with van der Waals surface area (Å²) < 4.78 is 27.0. The number of benzene rings is 1. The van der Waals surface area contributed by atoms with Gasteiger partial charge in [0.2, 0.25) is 5.91 Å². The van der Waals surface area contributed by atoms with Crippen LogP contribution in [0.5, 0.6) is 0 Å². The van der Waals surface area contributed by atoms with Crippen molar-refractivity contribution in [2.75, 3.05) is 18.0 Å². The summed E-state index contributed by atoms with van der Waals surface area (Å²) in [6.07, 6.45) is 6.54. The van der Waals surface area contributed by atoms with Gasteiger partial charge in [-0.15, -0.1) is 0 Å². The molecule has 0 unspecified atom stereocenters. The van der Waals surface area contributed by atoms with Crippen LogP contribution >= 0.6 is 0 Å². The molecule has 1 atom stereocenters. The van der Waals surface area contributed by atoms with Crippen molar-refractivity contribution in [1.82, 2.24) is 20.3 Å². The molecule has 1 amide bonds. The van der Waals surface area contributed by atoms with Gasteiger partial charge in [-0.1, -0.05) is 0 Å². The van der Waals surface area contributed by atoms with Crippen molar-refractivity contribution in [3.8, 4) is 0 Å². The molecule has 0 radical (unpaired) electrons. The van der Waals surface area contributed by atoms with Crippen LogP contribution in [0.3, 0.4) is 0 Å². The number of amides is 1. The molecule has 1 aromatic carbocycles. The van der Waals surface area contributed by atoms with E-state index < -0.39 is 11.6 Å². The van der Waals surface area contributed by atoms with Crippen LogP contribution in [-0.2, 0) is 11.3 Å². The van der Waals surface area contributed by atoms with Gasteiger partial charge in [0, 0.05) is 37.6 Å². The summed E-state index contributed by atoms with van der Waals surface area (Å²) in [6, 6.07) is 5.14. The molecule has 3 heterocycles. The molecule has 4 rings (SSSR count). The lowest BCUT2D eigenvalue weighted by Crippen LogP contribution is -2.43. The monoisotopic (exact) mass is 383 g/mol. The van der Waals surface area contributed by atoms with Crippen LogP contribution in [0.4, 0.5) is 14.5 Å². The lowest BCUT2D eigenvalue weighted by molar-refractivity contribution is -0.125. The second kappa shape index (κ2) is 7.84. The van der Waals surface area contributed by atoms with E-state index in [1.54, 1.807) is 18.6 Å². The summed E-state index contributed by atoms with van der Waals surface area (Å²) in [5, 5.41) is 2.73. The van der Waals surface area contributed by atoms with Crippen molar-refractivity contribution in [2.24, 2.45) is 5.92 Å². The van der Waals surface area contributed by atoms with Gasteiger partial charge in [0.25, 0.3) is 0 Å². The van der Waals surface area contributed by atoms with E-state index in [2.05, 4.69) is 25.2 Å². The van der Waals surface area contributed by atoms with Crippen molar-refractivity contribution < 1.29 is 13.6 Å². The predicted molar refractivity (Wildman–Crippen MR) is 100 cm³/mol. The summed E-state index contributed by atoms with van der Waals surface area (Å²) in [4.78, 5) is 27.4. The summed E-state index contributed by atoms with van der Waals surface area (Å²) in [5.74, 6) is -1.46. The Morgan fingerprint density at radius 3 is 2.93 bits per heavy atom. The molecule has 0 saturated carbocycles. The number of nitrogens with zero attached hydrogens (tertiary/aromatic N) is 4. The predicted octanol–water partition coefficient (Wildman–Crippen LogP) is 2.84. The van der Waals surface area contributed by atoms with Gasteiger partial charge in [0.1, 0.15) is 17.2 Å². The van der Waals surface area contributed by atoms with Crippen LogP contribution in [0.2, 0.25) is 0 Å². The maximum absolute atomic E-state index is 13.7. The minimum atomic E-state index is -0.532. The van der Waals surface area contributed by atoms with Crippen molar-refractivity contribution in [3.05, 3.63) is 60.1 Å². The Labute approximate surface area is 160 Å². The molecule has 6 nitrogen and oxygen atoms in total. The van der Waals surface area contributed by atoms with Crippen molar-refractivity contribution >= 4 is 22.8 Å². The van der Waals surface area contributed by atoms with Gasteiger partial charge in [-0.25, -0.2) is 18.7 Å². The normalized spacial score (nSPS) is 16.9. The number of anilines is 1. The quantitative estimate of drug-likeness (QED) is 0.750. The van der Waals surface area contributed by atoms with E-state index in [1.165, 1.54) is 0 Å². The van der Waals surface area contributed by atoms with Crippen molar-refractivity contribution in [1.29, 1.82) is 0 Å². The third-order valence-electron chi connectivity index (χ3n) is 4.93. The maximum atomic E-state index is 13.7. The van der Waals surface area contributed by atoms with Crippen LogP contribution in [-0.4, -0.2) is 33.9 Å². The minimum absolute atomic E-state index is 0.0357. The first kappa shape index (κ1) is 18.2. The van der Waals surface area contributed by atoms with Crippen LogP contribution < -0.4 is 10.2 Å². The summed E-state index contributed by atoms with van der Waals surface area (Å²) in [7, 11) is 0. The zero-order valence-electron chi connectivity index (χ0n) is 15.1. The lowest BCUT2D eigenvalue weighted by atomic mass is 9.96. The first-order valence-corrected chi connectivity index (χ1v) is 9.13. The lowest BCUT2D eigenvalue weighted by Gasteiger charge is -2.33. The maximum Gasteiger partial charge on any atom is 0.225 e. The fourth-order valence-corrected chi connectivity index (χ4v) is 3.45. The molecule has 0 aliphatic carbocycles. The van der Waals surface area contributed by atoms with Crippen LogP contribution in [0.25, 0.3) is 11.2 Å². The molecule has 1 fully saturated rings. The number of rotatable bonds is 4. The van der Waals surface area contributed by atoms with E-state index in [0.717, 1.165) is 43.3 Å². The highest BCUT2D eigenvalue weighted by atomic mass is 19.1. The van der Waals surface area contributed by atoms with E-state index in [0.29, 0.717) is 17.7 Å². The molecule has 0 bridgehead atoms. The highest BCUT2D eigenvalue weighted by Crippen LogP contribution is 2.24. The largest absolute Gasteiger partial charge is 0.369 e. The molecule has 144 valence electrons. The molecular weight excluding hydrogens is 364 g/mol. The van der Waals surface area contributed by atoms with Crippen LogP contribution in [0.1, 0.15) is 18.4 Å². The summed E-state index contributed by atoms with van der Waals surface area (Å²) in [6.45, 7) is 1.31. The zero-order chi connectivity index (χ0) is 19.5. The molecule has 1 aliphatic rings. The molecule has 28 heavy (non-hydrogen) atoms. The highest BCUT2D eigenvalue weighted by Gasteiger charge is 2.26. The standard InChI is InChI=1S/C20H19F2N5O/c21-15-3-4-17(22)14(8-15)10-26-20(28)13-2-1-7-27(12-13)16-9-18-19(25-11-16)24-6-5-23-18/h3-6,8-9,11,13H,1-2,7,10,12H2,(H,26,28)/t13-/m0/s1. The minimum Gasteiger partial charge on any atom is -0.369 e. The third kappa shape index (κ3) is 3.90. The van der Waals surface area contributed by atoms with E-state index in [1.807, 2.05) is 6.07 Å². The number of fused-ring (bicyclic) bond motifs is 1. The number of aromatic nitrogens is 3. The molecule has 8 heteroatoms. The van der Waals surface area contributed by atoms with E-state index in [-0.39, 0.29) is 23.9 Å². The Hall–Kier alpha value is -3.16. The van der Waals surface area contributed by atoms with Crippen LogP contribution in [0, 0.1) is 17.6 Å². The van der Waals surface area contributed by atoms with Crippen molar-refractivity contribution in [2.45, 2.75) is 19.4 Å². The Balaban J connectivity index is 1.42. The van der Waals surface area contributed by atoms with Crippen LogP contribution in [0.15, 0.2) is 42.9 Å². The first-order chi connectivity index (χ1) is 13.6. The van der Waals surface area contributed by atoms with Gasteiger partial charge in [-0.05, 0) is 37.1 Å². The van der Waals surface area contributed by atoms with E-state index in [9.17, 15) is 13.6 Å². The average Bonchev–Trinajstić information content (AvgIpc) is 2.74. The smallest absolute Gasteiger partial charge is 0.225 e. The number of piperidine rings is 1. The van der Waals surface area contributed by atoms with E-state index >= 15 is 0 Å². The van der Waals surface area contributed by atoms with E-state index in [4.69, 9.17) is 0 Å². The molecule has 1 N–H and O–H groups in total. The van der Waals surface area contributed by atoms with Crippen molar-refractivity contribution in [3.63, 3.8) is 0 Å². The fraction of sp³-hybridized carbons (Fsp3) is 0.300. The Morgan fingerprint density at radius 2 is 2.04 bits per heavy atom. The Kier molecular flexibility index (Phi) is 5.10. The second-order valence-electron chi connectivity index (χ2n) is 6.83. The Bertz CT molecular complexity index is 1010. The topological polar surface area (TPSA) is 71.0 Å². The number of carbonyl (C=O) groups excluding carboxylic acids is 1. The summed E-state index contributed by atoms with van der Waals surface area (Å²) in [5.41, 5.74) is 2.31. The molecular formula is C20H19F2N5O. The first-order valence-electron chi connectivity index (χ1n) is 9.13. The van der Waals surface area contributed by atoms with Gasteiger partial charge in [0.05, 0.1) is 17.8 Å². The summed E-state index contributed by atoms with van der Waals surface area (Å²) >= 11 is 0. The highest BCUT2D eigenvalue weighted by molar-refractivity contribution is 5.80. The molecule has 0 spiro atoms. The molecule has 2 aromatic heterocycles. The molecule has 1 saturated heterocycles. The van der Waals surface area contributed by atoms with Gasteiger partial charge in [-0.3, -0.25) is 9.78 Å². The fourth-order valence-electron chi connectivity index (χ4n) is 3.45. The van der Waals surface area contributed by atoms with Gasteiger partial charge >= 0.3 is 0 Å². The average molecular weight is 383 g/mol. The van der Waals surface area contributed by atoms with Gasteiger partial charge in [0.15, 0.2) is 5.65 Å². The molecule has 3 aromatic rings. The second-order valence-corrected chi connectivity index (χ2v) is 6.83. The third-order valence-corrected chi connectivity index (χ3v) is 4.93. The molecule has 1 aliphatic heterocycles. The SMILES string of the molecule is O=C(NCc1cc(F)ccc1F)[C@H]1CCCN(c2cnc3nccnc3c2)C1. The zero-order valence-corrected chi connectivity index (χ0v) is 15.1. The number of carbonyl (C=O) groups is 1. The number of hydrogen-bond acceptors (Lipinski definition) is 5.